The fourth-order valence-electron chi connectivity index (χ4n) is 2.78. The lowest BCUT2D eigenvalue weighted by Gasteiger charge is -2.34. The van der Waals surface area contributed by atoms with Gasteiger partial charge in [0.1, 0.15) is 5.82 Å². The molecule has 1 aliphatic rings. The second-order valence-electron chi connectivity index (χ2n) is 6.36. The van der Waals surface area contributed by atoms with Crippen LogP contribution in [0.4, 0.5) is 5.82 Å². The molecule has 0 bridgehead atoms. The molecule has 1 fully saturated rings. The molecule has 0 aliphatic carbocycles. The molecule has 0 spiro atoms. The van der Waals surface area contributed by atoms with E-state index in [9.17, 15) is 8.42 Å². The molecule has 8 heteroatoms. The Morgan fingerprint density at radius 1 is 1.33 bits per heavy atom. The van der Waals surface area contributed by atoms with Crippen LogP contribution in [0.25, 0.3) is 11.0 Å². The molecule has 2 aromatic rings. The highest BCUT2D eigenvalue weighted by molar-refractivity contribution is 7.90. The first-order chi connectivity index (χ1) is 11.3. The number of aromatic nitrogens is 2. The summed E-state index contributed by atoms with van der Waals surface area (Å²) >= 11 is 5.97. The van der Waals surface area contributed by atoms with Gasteiger partial charge in [-0.25, -0.2) is 18.1 Å². The molecule has 2 heterocycles. The summed E-state index contributed by atoms with van der Waals surface area (Å²) < 4.78 is 27.0. The molecular weight excluding hydrogens is 348 g/mol. The highest BCUT2D eigenvalue weighted by Crippen LogP contribution is 2.22. The zero-order valence-electron chi connectivity index (χ0n) is 13.7. The van der Waals surface area contributed by atoms with Gasteiger partial charge in [0, 0.05) is 24.2 Å². The van der Waals surface area contributed by atoms with Crippen molar-refractivity contribution in [3.8, 4) is 0 Å². The van der Waals surface area contributed by atoms with Crippen molar-refractivity contribution in [2.75, 3.05) is 18.0 Å². The van der Waals surface area contributed by atoms with E-state index in [0.29, 0.717) is 11.6 Å². The van der Waals surface area contributed by atoms with E-state index in [0.717, 1.165) is 36.2 Å². The third-order valence-electron chi connectivity index (χ3n) is 4.19. The number of benzene rings is 1. The Kier molecular flexibility index (Phi) is 4.94. The summed E-state index contributed by atoms with van der Waals surface area (Å²) in [7, 11) is -3.27. The van der Waals surface area contributed by atoms with E-state index in [4.69, 9.17) is 11.6 Å². The van der Waals surface area contributed by atoms with Gasteiger partial charge in [0.25, 0.3) is 0 Å². The molecule has 0 saturated carbocycles. The second kappa shape index (κ2) is 6.82. The molecule has 24 heavy (non-hydrogen) atoms. The van der Waals surface area contributed by atoms with E-state index in [1.165, 1.54) is 0 Å². The molecular formula is C16H21ClN4O2S. The minimum absolute atomic E-state index is 0.103. The number of sulfonamides is 1. The van der Waals surface area contributed by atoms with Gasteiger partial charge in [0.2, 0.25) is 10.0 Å². The van der Waals surface area contributed by atoms with Crippen LogP contribution >= 0.6 is 11.6 Å². The summed E-state index contributed by atoms with van der Waals surface area (Å²) in [5.41, 5.74) is 1.53. The summed E-state index contributed by atoms with van der Waals surface area (Å²) in [6.45, 7) is 4.80. The van der Waals surface area contributed by atoms with Crippen molar-refractivity contribution in [2.45, 2.75) is 38.0 Å². The highest BCUT2D eigenvalue weighted by Gasteiger charge is 2.26. The number of anilines is 1. The molecule has 0 amide bonds. The summed E-state index contributed by atoms with van der Waals surface area (Å²) in [6, 6.07) is 5.31. The zero-order valence-corrected chi connectivity index (χ0v) is 15.3. The summed E-state index contributed by atoms with van der Waals surface area (Å²) in [4.78, 5) is 11.1. The van der Waals surface area contributed by atoms with Gasteiger partial charge >= 0.3 is 0 Å². The maximum atomic E-state index is 12.1. The number of hydrogen-bond donors (Lipinski definition) is 1. The molecule has 1 aliphatic heterocycles. The number of fused-ring (bicyclic) bond motifs is 1. The number of piperidine rings is 1. The maximum absolute atomic E-state index is 12.1. The SMILES string of the molecule is CC(C)S(=O)(=O)NC1CCCN(c2cnc3cc(Cl)ccc3n2)C1. The number of rotatable bonds is 4. The first kappa shape index (κ1) is 17.4. The van der Waals surface area contributed by atoms with Crippen LogP contribution in [-0.2, 0) is 10.0 Å². The Morgan fingerprint density at radius 3 is 2.88 bits per heavy atom. The standard InChI is InChI=1S/C16H21ClN4O2S/c1-11(2)24(22,23)20-13-4-3-7-21(10-13)16-9-18-15-8-12(17)5-6-14(15)19-16/h5-6,8-9,11,13,20H,3-4,7,10H2,1-2H3. The van der Waals surface area contributed by atoms with E-state index >= 15 is 0 Å². The number of hydrogen-bond acceptors (Lipinski definition) is 5. The summed E-state index contributed by atoms with van der Waals surface area (Å²) in [5.74, 6) is 0.762. The molecule has 1 atom stereocenters. The lowest BCUT2D eigenvalue weighted by atomic mass is 10.1. The fraction of sp³-hybridized carbons (Fsp3) is 0.500. The minimum atomic E-state index is -3.27. The molecule has 1 N–H and O–H groups in total. The van der Waals surface area contributed by atoms with Crippen molar-refractivity contribution in [2.24, 2.45) is 0 Å². The maximum Gasteiger partial charge on any atom is 0.214 e. The Bertz CT molecular complexity index is 841. The molecule has 1 unspecified atom stereocenters. The molecule has 0 radical (unpaired) electrons. The molecule has 6 nitrogen and oxygen atoms in total. The van der Waals surface area contributed by atoms with Gasteiger partial charge in [-0.2, -0.15) is 0 Å². The number of halogens is 1. The lowest BCUT2D eigenvalue weighted by molar-refractivity contribution is 0.461. The van der Waals surface area contributed by atoms with Crippen molar-refractivity contribution >= 4 is 38.5 Å². The first-order valence-corrected chi connectivity index (χ1v) is 9.96. The Hall–Kier alpha value is -1.44. The van der Waals surface area contributed by atoms with Crippen LogP contribution in [0.5, 0.6) is 0 Å². The highest BCUT2D eigenvalue weighted by atomic mass is 35.5. The van der Waals surface area contributed by atoms with Crippen LogP contribution in [0.3, 0.4) is 0 Å². The quantitative estimate of drug-likeness (QED) is 0.897. The van der Waals surface area contributed by atoms with Crippen LogP contribution in [0.1, 0.15) is 26.7 Å². The van der Waals surface area contributed by atoms with E-state index in [1.54, 1.807) is 32.2 Å². The predicted molar refractivity (Wildman–Crippen MR) is 97.0 cm³/mol. The molecule has 1 saturated heterocycles. The van der Waals surface area contributed by atoms with E-state index in [-0.39, 0.29) is 6.04 Å². The summed E-state index contributed by atoms with van der Waals surface area (Å²) in [5, 5.41) is 0.198. The smallest absolute Gasteiger partial charge is 0.214 e. The van der Waals surface area contributed by atoms with Gasteiger partial charge in [0.15, 0.2) is 0 Å². The van der Waals surface area contributed by atoms with Gasteiger partial charge in [0.05, 0.1) is 22.5 Å². The second-order valence-corrected chi connectivity index (χ2v) is 9.06. The largest absolute Gasteiger partial charge is 0.354 e. The van der Waals surface area contributed by atoms with Crippen LogP contribution in [0.2, 0.25) is 5.02 Å². The van der Waals surface area contributed by atoms with Crippen LogP contribution in [-0.4, -0.2) is 42.8 Å². The van der Waals surface area contributed by atoms with Crippen molar-refractivity contribution in [1.82, 2.24) is 14.7 Å². The lowest BCUT2D eigenvalue weighted by Crippen LogP contribution is -2.49. The Balaban J connectivity index is 1.78. The van der Waals surface area contributed by atoms with E-state index in [1.807, 2.05) is 6.07 Å². The minimum Gasteiger partial charge on any atom is -0.354 e. The average Bonchev–Trinajstić information content (AvgIpc) is 2.54. The molecule has 3 rings (SSSR count). The van der Waals surface area contributed by atoms with Crippen molar-refractivity contribution in [3.05, 3.63) is 29.4 Å². The van der Waals surface area contributed by atoms with E-state index in [2.05, 4.69) is 19.6 Å². The third-order valence-corrected chi connectivity index (χ3v) is 6.33. The molecule has 1 aromatic heterocycles. The molecule has 130 valence electrons. The Labute approximate surface area is 147 Å². The van der Waals surface area contributed by atoms with Gasteiger partial charge in [-0.05, 0) is 44.9 Å². The van der Waals surface area contributed by atoms with Crippen LogP contribution in [0, 0.1) is 0 Å². The topological polar surface area (TPSA) is 75.2 Å². The Morgan fingerprint density at radius 2 is 2.12 bits per heavy atom. The van der Waals surface area contributed by atoms with Crippen LogP contribution < -0.4 is 9.62 Å². The summed E-state index contributed by atoms with van der Waals surface area (Å²) in [6.07, 6.45) is 3.46. The van der Waals surface area contributed by atoms with Gasteiger partial charge in [-0.15, -0.1) is 0 Å². The van der Waals surface area contributed by atoms with Crippen molar-refractivity contribution < 1.29 is 8.42 Å². The number of nitrogens with zero attached hydrogens (tertiary/aromatic N) is 3. The average molecular weight is 369 g/mol. The van der Waals surface area contributed by atoms with Crippen LogP contribution in [0.15, 0.2) is 24.4 Å². The van der Waals surface area contributed by atoms with Gasteiger partial charge in [-0.1, -0.05) is 11.6 Å². The van der Waals surface area contributed by atoms with Gasteiger partial charge in [-0.3, -0.25) is 4.98 Å². The van der Waals surface area contributed by atoms with Crippen molar-refractivity contribution in [1.29, 1.82) is 0 Å². The van der Waals surface area contributed by atoms with Gasteiger partial charge < -0.3 is 4.90 Å². The normalized spacial score (nSPS) is 19.2. The molecule has 1 aromatic carbocycles. The predicted octanol–water partition coefficient (Wildman–Crippen LogP) is 2.58. The monoisotopic (exact) mass is 368 g/mol. The first-order valence-electron chi connectivity index (χ1n) is 8.03. The van der Waals surface area contributed by atoms with Crippen molar-refractivity contribution in [3.63, 3.8) is 0 Å². The number of nitrogens with one attached hydrogen (secondary N) is 1. The fourth-order valence-corrected chi connectivity index (χ4v) is 3.87. The zero-order chi connectivity index (χ0) is 17.3. The van der Waals surface area contributed by atoms with E-state index < -0.39 is 15.3 Å². The third kappa shape index (κ3) is 3.79.